The molecule has 0 amide bonds. The maximum Gasteiger partial charge on any atom is 0.433 e. The van der Waals surface area contributed by atoms with Crippen molar-refractivity contribution in [3.63, 3.8) is 0 Å². The zero-order valence-corrected chi connectivity index (χ0v) is 8.16. The topological polar surface area (TPSA) is 55.1 Å². The SMILES string of the molecule is O=C(O)c1cnn(CC2CC2)c1C(F)(F)F. The summed E-state index contributed by atoms with van der Waals surface area (Å²) >= 11 is 0. The Morgan fingerprint density at radius 2 is 2.19 bits per heavy atom. The molecule has 0 aromatic carbocycles. The van der Waals surface area contributed by atoms with E-state index in [1.165, 1.54) is 0 Å². The van der Waals surface area contributed by atoms with Crippen LogP contribution in [0.15, 0.2) is 6.20 Å². The minimum absolute atomic E-state index is 0.141. The molecule has 1 fully saturated rings. The predicted molar refractivity (Wildman–Crippen MR) is 46.9 cm³/mol. The summed E-state index contributed by atoms with van der Waals surface area (Å²) in [6.45, 7) is 0.141. The molecule has 1 saturated carbocycles. The summed E-state index contributed by atoms with van der Waals surface area (Å²) in [4.78, 5) is 10.6. The van der Waals surface area contributed by atoms with Gasteiger partial charge in [-0.2, -0.15) is 18.3 Å². The van der Waals surface area contributed by atoms with E-state index in [2.05, 4.69) is 5.10 Å². The van der Waals surface area contributed by atoms with Crippen LogP contribution in [0.3, 0.4) is 0 Å². The van der Waals surface area contributed by atoms with Gasteiger partial charge in [0.1, 0.15) is 5.56 Å². The quantitative estimate of drug-likeness (QED) is 0.870. The van der Waals surface area contributed by atoms with Gasteiger partial charge in [-0.15, -0.1) is 0 Å². The number of carbonyl (C=O) groups is 1. The van der Waals surface area contributed by atoms with Gasteiger partial charge in [-0.05, 0) is 18.8 Å². The first-order chi connectivity index (χ1) is 7.39. The summed E-state index contributed by atoms with van der Waals surface area (Å²) in [6, 6.07) is 0. The molecular weight excluding hydrogens is 225 g/mol. The van der Waals surface area contributed by atoms with Crippen LogP contribution in [0, 0.1) is 5.92 Å². The van der Waals surface area contributed by atoms with Crippen molar-refractivity contribution in [3.8, 4) is 0 Å². The lowest BCUT2D eigenvalue weighted by Crippen LogP contribution is -2.19. The fourth-order valence-electron chi connectivity index (χ4n) is 1.52. The van der Waals surface area contributed by atoms with Crippen LogP contribution < -0.4 is 0 Å². The van der Waals surface area contributed by atoms with E-state index in [0.717, 1.165) is 23.7 Å². The van der Waals surface area contributed by atoms with E-state index in [4.69, 9.17) is 5.11 Å². The molecular formula is C9H9F3N2O2. The molecule has 7 heteroatoms. The molecule has 88 valence electrons. The van der Waals surface area contributed by atoms with Gasteiger partial charge in [0.05, 0.1) is 6.20 Å². The molecule has 0 aliphatic heterocycles. The van der Waals surface area contributed by atoms with Gasteiger partial charge >= 0.3 is 12.1 Å². The number of aromatic carboxylic acids is 1. The Morgan fingerprint density at radius 3 is 2.62 bits per heavy atom. The fraction of sp³-hybridized carbons (Fsp3) is 0.556. The van der Waals surface area contributed by atoms with E-state index >= 15 is 0 Å². The van der Waals surface area contributed by atoms with Crippen LogP contribution in [-0.4, -0.2) is 20.9 Å². The summed E-state index contributed by atoms with van der Waals surface area (Å²) in [5, 5.41) is 12.1. The van der Waals surface area contributed by atoms with Gasteiger partial charge in [0, 0.05) is 6.54 Å². The minimum Gasteiger partial charge on any atom is -0.478 e. The Labute approximate surface area is 88.7 Å². The summed E-state index contributed by atoms with van der Waals surface area (Å²) in [7, 11) is 0. The fourth-order valence-corrected chi connectivity index (χ4v) is 1.52. The summed E-state index contributed by atoms with van der Waals surface area (Å²) in [5.41, 5.74) is -1.94. The van der Waals surface area contributed by atoms with Crippen molar-refractivity contribution < 1.29 is 23.1 Å². The van der Waals surface area contributed by atoms with Crippen molar-refractivity contribution in [2.45, 2.75) is 25.6 Å². The van der Waals surface area contributed by atoms with Crippen LogP contribution in [0.2, 0.25) is 0 Å². The monoisotopic (exact) mass is 234 g/mol. The number of carboxylic acid groups (broad SMARTS) is 1. The van der Waals surface area contributed by atoms with E-state index in [0.29, 0.717) is 0 Å². The molecule has 1 aromatic heterocycles. The molecule has 0 atom stereocenters. The van der Waals surface area contributed by atoms with E-state index in [1.54, 1.807) is 0 Å². The van der Waals surface area contributed by atoms with Gasteiger partial charge in [0.15, 0.2) is 5.69 Å². The second-order valence-electron chi connectivity index (χ2n) is 3.84. The average molecular weight is 234 g/mol. The number of hydrogen-bond donors (Lipinski definition) is 1. The Balaban J connectivity index is 2.40. The van der Waals surface area contributed by atoms with Crippen LogP contribution in [0.25, 0.3) is 0 Å². The predicted octanol–water partition coefficient (Wildman–Crippen LogP) is 2.01. The average Bonchev–Trinajstić information content (AvgIpc) is 2.79. The molecule has 16 heavy (non-hydrogen) atoms. The van der Waals surface area contributed by atoms with Crippen LogP contribution >= 0.6 is 0 Å². The lowest BCUT2D eigenvalue weighted by atomic mass is 10.2. The third-order valence-electron chi connectivity index (χ3n) is 2.47. The standard InChI is InChI=1S/C9H9F3N2O2/c10-9(11,12)7-6(8(15)16)3-13-14(7)4-5-1-2-5/h3,5H,1-2,4H2,(H,15,16). The molecule has 0 radical (unpaired) electrons. The third kappa shape index (κ3) is 2.02. The van der Waals surface area contributed by atoms with Gasteiger partial charge in [-0.3, -0.25) is 4.68 Å². The van der Waals surface area contributed by atoms with Crippen LogP contribution in [0.4, 0.5) is 13.2 Å². The highest BCUT2D eigenvalue weighted by Gasteiger charge is 2.41. The molecule has 2 rings (SSSR count). The number of rotatable bonds is 3. The molecule has 1 heterocycles. The number of alkyl halides is 3. The largest absolute Gasteiger partial charge is 0.478 e. The highest BCUT2D eigenvalue weighted by Crippen LogP contribution is 2.36. The van der Waals surface area contributed by atoms with Crippen molar-refractivity contribution in [2.24, 2.45) is 5.92 Å². The number of nitrogens with zero attached hydrogens (tertiary/aromatic N) is 2. The second kappa shape index (κ2) is 3.50. The lowest BCUT2D eigenvalue weighted by Gasteiger charge is -2.10. The van der Waals surface area contributed by atoms with Crippen molar-refractivity contribution in [3.05, 3.63) is 17.5 Å². The Morgan fingerprint density at radius 1 is 1.56 bits per heavy atom. The van der Waals surface area contributed by atoms with Crippen LogP contribution in [0.1, 0.15) is 28.9 Å². The first-order valence-electron chi connectivity index (χ1n) is 4.76. The first kappa shape index (κ1) is 11.0. The second-order valence-corrected chi connectivity index (χ2v) is 3.84. The Bertz CT molecular complexity index is 421. The van der Waals surface area contributed by atoms with E-state index in [-0.39, 0.29) is 12.5 Å². The highest BCUT2D eigenvalue weighted by molar-refractivity contribution is 5.88. The molecule has 0 saturated heterocycles. The normalized spacial score (nSPS) is 16.4. The van der Waals surface area contributed by atoms with Gasteiger partial charge in [-0.1, -0.05) is 0 Å². The molecule has 1 aliphatic carbocycles. The highest BCUT2D eigenvalue weighted by atomic mass is 19.4. The molecule has 0 spiro atoms. The molecule has 0 bridgehead atoms. The summed E-state index contributed by atoms with van der Waals surface area (Å²) in [5.74, 6) is -1.41. The van der Waals surface area contributed by atoms with Crippen molar-refractivity contribution >= 4 is 5.97 Å². The third-order valence-corrected chi connectivity index (χ3v) is 2.47. The van der Waals surface area contributed by atoms with Crippen molar-refractivity contribution in [1.29, 1.82) is 0 Å². The number of halogens is 3. The maximum absolute atomic E-state index is 12.6. The lowest BCUT2D eigenvalue weighted by molar-refractivity contribution is -0.144. The number of hydrogen-bond acceptors (Lipinski definition) is 2. The van der Waals surface area contributed by atoms with Crippen molar-refractivity contribution in [1.82, 2.24) is 9.78 Å². The Kier molecular flexibility index (Phi) is 2.40. The molecule has 0 unspecified atom stereocenters. The van der Waals surface area contributed by atoms with E-state index < -0.39 is 23.4 Å². The van der Waals surface area contributed by atoms with Crippen molar-refractivity contribution in [2.75, 3.05) is 0 Å². The zero-order valence-electron chi connectivity index (χ0n) is 8.16. The Hall–Kier alpha value is -1.53. The molecule has 1 aromatic rings. The van der Waals surface area contributed by atoms with Gasteiger partial charge in [-0.25, -0.2) is 4.79 Å². The molecule has 1 aliphatic rings. The van der Waals surface area contributed by atoms with Gasteiger partial charge < -0.3 is 5.11 Å². The van der Waals surface area contributed by atoms with Crippen LogP contribution in [0.5, 0.6) is 0 Å². The van der Waals surface area contributed by atoms with Crippen LogP contribution in [-0.2, 0) is 12.7 Å². The molecule has 1 N–H and O–H groups in total. The minimum atomic E-state index is -4.68. The molecule has 4 nitrogen and oxygen atoms in total. The smallest absolute Gasteiger partial charge is 0.433 e. The van der Waals surface area contributed by atoms with E-state index in [9.17, 15) is 18.0 Å². The first-order valence-corrected chi connectivity index (χ1v) is 4.76. The zero-order chi connectivity index (χ0) is 11.9. The maximum atomic E-state index is 12.6. The summed E-state index contributed by atoms with van der Waals surface area (Å²) in [6.07, 6.45) is -2.17. The van der Waals surface area contributed by atoms with Gasteiger partial charge in [0.2, 0.25) is 0 Å². The number of aromatic nitrogens is 2. The van der Waals surface area contributed by atoms with E-state index in [1.807, 2.05) is 0 Å². The van der Waals surface area contributed by atoms with Gasteiger partial charge in [0.25, 0.3) is 0 Å². The number of carboxylic acids is 1. The summed E-state index contributed by atoms with van der Waals surface area (Å²) < 4.78 is 38.7.